The van der Waals surface area contributed by atoms with Crippen molar-refractivity contribution in [2.75, 3.05) is 37.0 Å². The van der Waals surface area contributed by atoms with Crippen LogP contribution in [0.5, 0.6) is 0 Å². The van der Waals surface area contributed by atoms with Gasteiger partial charge in [-0.1, -0.05) is 116 Å². The van der Waals surface area contributed by atoms with Crippen molar-refractivity contribution in [1.29, 1.82) is 0 Å². The Balaban J connectivity index is -0.000000503. The monoisotopic (exact) mass is 803 g/mol. The van der Waals surface area contributed by atoms with Crippen LogP contribution in [0.3, 0.4) is 0 Å². The summed E-state index contributed by atoms with van der Waals surface area (Å²) in [6, 6.07) is 18.7. The fraction of sp³-hybridized carbons (Fsp3) is 0.600. The standard InChI is InChI=1S/2C12H27P.2C8H5.Pt/c2*1-4-7-10-13(11-8-5-2)12-9-6-3;2*1-2-8-6-4-3-5-7-8;/h2*4-12H2,1-3H3;2*3-7H;/q;;2*-1;+2/p+2. The normalized spacial score (nSPS) is 9.63. The molecule has 0 heterocycles. The van der Waals surface area contributed by atoms with E-state index in [1.807, 2.05) is 60.7 Å². The quantitative estimate of drug-likeness (QED) is 0.0800. The van der Waals surface area contributed by atoms with Crippen molar-refractivity contribution in [3.8, 4) is 11.8 Å². The zero-order chi connectivity index (χ0) is 31.5. The third kappa shape index (κ3) is 33.8. The van der Waals surface area contributed by atoms with Crippen molar-refractivity contribution in [1.82, 2.24) is 0 Å². The fourth-order valence-electron chi connectivity index (χ4n) is 4.35. The maximum Gasteiger partial charge on any atom is 2.00 e. The molecule has 0 aliphatic carbocycles. The van der Waals surface area contributed by atoms with Gasteiger partial charge in [-0.2, -0.15) is 0 Å². The molecule has 0 bridgehead atoms. The van der Waals surface area contributed by atoms with Crippen LogP contribution in [0.25, 0.3) is 0 Å². The summed E-state index contributed by atoms with van der Waals surface area (Å²) in [6.45, 7) is 13.9. The van der Waals surface area contributed by atoms with E-state index < -0.39 is 0 Å². The molecule has 0 atom stereocenters. The van der Waals surface area contributed by atoms with Gasteiger partial charge in [0.25, 0.3) is 0 Å². The van der Waals surface area contributed by atoms with E-state index in [1.165, 1.54) is 77.0 Å². The van der Waals surface area contributed by atoms with Gasteiger partial charge < -0.3 is 12.8 Å². The second kappa shape index (κ2) is 39.1. The summed E-state index contributed by atoms with van der Waals surface area (Å²) in [5, 5.41) is 0. The van der Waals surface area contributed by atoms with E-state index in [-0.39, 0.29) is 36.9 Å². The van der Waals surface area contributed by atoms with E-state index in [0.29, 0.717) is 0 Å². The minimum atomic E-state index is 0. The number of hydrogen-bond donors (Lipinski definition) is 0. The Bertz CT molecular complexity index is 742. The first-order valence-corrected chi connectivity index (χ1v) is 21.4. The Morgan fingerprint density at radius 1 is 0.419 bits per heavy atom. The molecular formula is C40H66P2Pt+2. The number of unbranched alkanes of at least 4 members (excludes halogenated alkanes) is 6. The predicted octanol–water partition coefficient (Wildman–Crippen LogP) is 12.4. The van der Waals surface area contributed by atoms with Gasteiger partial charge in [0.05, 0.1) is 37.0 Å². The van der Waals surface area contributed by atoms with Crippen LogP contribution < -0.4 is 0 Å². The maximum absolute atomic E-state index is 6.69. The van der Waals surface area contributed by atoms with E-state index in [1.54, 1.807) is 37.0 Å². The van der Waals surface area contributed by atoms with Crippen LogP contribution in [-0.2, 0) is 21.1 Å². The average Bonchev–Trinajstić information content (AvgIpc) is 3.05. The van der Waals surface area contributed by atoms with Crippen molar-refractivity contribution in [3.63, 3.8) is 0 Å². The number of rotatable bonds is 18. The third-order valence-electron chi connectivity index (χ3n) is 7.14. The summed E-state index contributed by atoms with van der Waals surface area (Å²) in [5.74, 6) is 4.55. The van der Waals surface area contributed by atoms with Gasteiger partial charge >= 0.3 is 21.1 Å². The summed E-state index contributed by atoms with van der Waals surface area (Å²) >= 11 is 0. The maximum atomic E-state index is 6.69. The Morgan fingerprint density at radius 3 is 0.767 bits per heavy atom. The van der Waals surface area contributed by atoms with Crippen LogP contribution in [0.15, 0.2) is 60.7 Å². The molecule has 0 unspecified atom stereocenters. The SMILES string of the molecule is CCCC[PH+](CCCC)CCCC.CCCC[PH+](CCCC)CCCC.[C-]#Cc1ccccc1.[C-]#Cc1ccccc1.[Pt+2]. The first-order chi connectivity index (χ1) is 20.6. The molecule has 0 saturated heterocycles. The molecule has 2 rings (SSSR count). The second-order valence-corrected chi connectivity index (χ2v) is 17.1. The van der Waals surface area contributed by atoms with Gasteiger partial charge in [0.1, 0.15) is 0 Å². The number of benzene rings is 2. The average molecular weight is 804 g/mol. The first-order valence-electron chi connectivity index (χ1n) is 17.2. The van der Waals surface area contributed by atoms with Crippen LogP contribution in [0.4, 0.5) is 0 Å². The van der Waals surface area contributed by atoms with Crippen LogP contribution in [0.1, 0.15) is 130 Å². The minimum Gasteiger partial charge on any atom is -0.366 e. The van der Waals surface area contributed by atoms with E-state index in [2.05, 4.69) is 53.4 Å². The van der Waals surface area contributed by atoms with Gasteiger partial charge in [0.15, 0.2) is 0 Å². The van der Waals surface area contributed by atoms with Gasteiger partial charge in [-0.25, -0.2) is 0 Å². The molecule has 0 radical (unpaired) electrons. The molecule has 0 spiro atoms. The molecule has 0 nitrogen and oxygen atoms in total. The molecule has 2 aromatic carbocycles. The largest absolute Gasteiger partial charge is 2.00 e. The van der Waals surface area contributed by atoms with Crippen molar-refractivity contribution in [2.24, 2.45) is 0 Å². The van der Waals surface area contributed by atoms with Gasteiger partial charge in [0.2, 0.25) is 0 Å². The zero-order valence-electron chi connectivity index (χ0n) is 28.8. The summed E-state index contributed by atoms with van der Waals surface area (Å²) < 4.78 is 0. The van der Waals surface area contributed by atoms with Crippen LogP contribution in [-0.4, -0.2) is 37.0 Å². The molecule has 0 aromatic heterocycles. The molecule has 43 heavy (non-hydrogen) atoms. The minimum absolute atomic E-state index is 0. The third-order valence-corrected chi connectivity index (χ3v) is 13.5. The molecule has 2 aromatic rings. The van der Waals surface area contributed by atoms with Gasteiger partial charge in [-0.05, 0) is 38.5 Å². The fourth-order valence-corrected chi connectivity index (χ4v) is 11.0. The molecular weight excluding hydrogens is 737 g/mol. The van der Waals surface area contributed by atoms with Crippen LogP contribution >= 0.6 is 15.8 Å². The van der Waals surface area contributed by atoms with Crippen molar-refractivity contribution >= 4 is 15.8 Å². The predicted molar refractivity (Wildman–Crippen MR) is 201 cm³/mol. The molecule has 0 N–H and O–H groups in total. The van der Waals surface area contributed by atoms with E-state index in [0.717, 1.165) is 11.1 Å². The van der Waals surface area contributed by atoms with Gasteiger partial charge in [-0.3, -0.25) is 11.8 Å². The van der Waals surface area contributed by atoms with Crippen LogP contribution in [0, 0.1) is 24.7 Å². The molecule has 0 aliphatic rings. The van der Waals surface area contributed by atoms with Crippen molar-refractivity contribution in [2.45, 2.75) is 119 Å². The molecule has 244 valence electrons. The molecule has 0 saturated carbocycles. The smallest absolute Gasteiger partial charge is 0.366 e. The van der Waals surface area contributed by atoms with E-state index in [4.69, 9.17) is 12.8 Å². The molecule has 0 aliphatic heterocycles. The Hall–Kier alpha value is -0.892. The van der Waals surface area contributed by atoms with Crippen LogP contribution in [0.2, 0.25) is 0 Å². The second-order valence-electron chi connectivity index (χ2n) is 11.1. The van der Waals surface area contributed by atoms with Gasteiger partial charge in [-0.15, -0.1) is 35.4 Å². The molecule has 0 fully saturated rings. The van der Waals surface area contributed by atoms with E-state index in [9.17, 15) is 0 Å². The summed E-state index contributed by atoms with van der Waals surface area (Å²) in [7, 11) is 0.135. The summed E-state index contributed by atoms with van der Waals surface area (Å²) in [5.41, 5.74) is 1.65. The summed E-state index contributed by atoms with van der Waals surface area (Å²) in [6.07, 6.45) is 40.2. The number of hydrogen-bond acceptors (Lipinski definition) is 0. The van der Waals surface area contributed by atoms with E-state index >= 15 is 0 Å². The summed E-state index contributed by atoms with van der Waals surface area (Å²) in [4.78, 5) is 0. The first kappa shape index (κ1) is 46.5. The Morgan fingerprint density at radius 2 is 0.628 bits per heavy atom. The zero-order valence-corrected chi connectivity index (χ0v) is 33.1. The van der Waals surface area contributed by atoms with Crippen molar-refractivity contribution < 1.29 is 21.1 Å². The Kier molecular flexibility index (Phi) is 42.3. The van der Waals surface area contributed by atoms with Crippen molar-refractivity contribution in [3.05, 3.63) is 84.6 Å². The Labute approximate surface area is 287 Å². The van der Waals surface area contributed by atoms with Gasteiger partial charge in [0, 0.05) is 15.8 Å². The molecule has 0 amide bonds. The topological polar surface area (TPSA) is 0 Å². The molecule has 3 heteroatoms.